The Labute approximate surface area is 136 Å². The molecule has 2 N–H and O–H groups in total. The van der Waals surface area contributed by atoms with Crippen molar-refractivity contribution in [3.05, 3.63) is 41.7 Å². The maximum absolute atomic E-state index is 11.6. The fourth-order valence-corrected chi connectivity index (χ4v) is 1.62. The number of nitrogens with zero attached hydrogens (tertiary/aromatic N) is 3. The number of likely N-dealkylation sites (N-methyl/N-ethyl adjacent to an activating group) is 1. The standard InChI is InChI=1S/C15H22ClN5O/c1-4-8-17-15(20-11-14(22)21(2)3)18-9-7-12-5-6-13(16)19-10-12/h4-6,10H,1,7-9,11H2,2-3H3,(H2,17,18,20). The minimum absolute atomic E-state index is 0.0541. The van der Waals surface area contributed by atoms with Crippen molar-refractivity contribution in [1.82, 2.24) is 20.5 Å². The van der Waals surface area contributed by atoms with Gasteiger partial charge >= 0.3 is 0 Å². The van der Waals surface area contributed by atoms with E-state index in [4.69, 9.17) is 11.6 Å². The predicted octanol–water partition coefficient (Wildman–Crippen LogP) is 1.09. The molecule has 0 saturated carbocycles. The molecule has 1 aromatic rings. The number of aromatic nitrogens is 1. The highest BCUT2D eigenvalue weighted by Gasteiger charge is 2.04. The van der Waals surface area contributed by atoms with Crippen LogP contribution in [0.5, 0.6) is 0 Å². The summed E-state index contributed by atoms with van der Waals surface area (Å²) >= 11 is 5.75. The number of amides is 1. The minimum Gasteiger partial charge on any atom is -0.356 e. The number of hydrogen-bond acceptors (Lipinski definition) is 3. The van der Waals surface area contributed by atoms with Gasteiger partial charge in [0.05, 0.1) is 0 Å². The first kappa shape index (κ1) is 18.0. The van der Waals surface area contributed by atoms with Crippen LogP contribution in [-0.4, -0.2) is 55.5 Å². The van der Waals surface area contributed by atoms with E-state index in [1.807, 2.05) is 6.07 Å². The Morgan fingerprint density at radius 3 is 2.82 bits per heavy atom. The molecule has 1 rings (SSSR count). The molecule has 0 aromatic carbocycles. The van der Waals surface area contributed by atoms with Gasteiger partial charge < -0.3 is 15.5 Å². The lowest BCUT2D eigenvalue weighted by atomic mass is 10.2. The predicted molar refractivity (Wildman–Crippen MR) is 90.1 cm³/mol. The van der Waals surface area contributed by atoms with E-state index in [1.165, 1.54) is 4.90 Å². The van der Waals surface area contributed by atoms with E-state index >= 15 is 0 Å². The van der Waals surface area contributed by atoms with Gasteiger partial charge in [-0.25, -0.2) is 9.98 Å². The molecular weight excluding hydrogens is 302 g/mol. The molecule has 0 spiro atoms. The van der Waals surface area contributed by atoms with Gasteiger partial charge in [-0.3, -0.25) is 4.79 Å². The average molecular weight is 324 g/mol. The number of rotatable bonds is 7. The summed E-state index contributed by atoms with van der Waals surface area (Å²) in [6.07, 6.45) is 4.25. The van der Waals surface area contributed by atoms with Crippen LogP contribution >= 0.6 is 11.6 Å². The van der Waals surface area contributed by atoms with E-state index in [0.29, 0.717) is 24.2 Å². The lowest BCUT2D eigenvalue weighted by Gasteiger charge is -2.12. The first-order valence-electron chi connectivity index (χ1n) is 6.96. The fourth-order valence-electron chi connectivity index (χ4n) is 1.51. The Bertz CT molecular complexity index is 513. The second-order valence-corrected chi connectivity index (χ2v) is 5.18. The Morgan fingerprint density at radius 1 is 1.45 bits per heavy atom. The Hall–Kier alpha value is -2.08. The largest absolute Gasteiger partial charge is 0.356 e. The second kappa shape index (κ2) is 9.78. The fraction of sp³-hybridized carbons (Fsp3) is 0.400. The summed E-state index contributed by atoms with van der Waals surface area (Å²) in [5.74, 6) is 0.527. The van der Waals surface area contributed by atoms with Crippen molar-refractivity contribution < 1.29 is 4.79 Å². The minimum atomic E-state index is -0.0541. The molecule has 0 aliphatic heterocycles. The molecule has 0 aliphatic carbocycles. The van der Waals surface area contributed by atoms with Crippen LogP contribution in [0.25, 0.3) is 0 Å². The van der Waals surface area contributed by atoms with Gasteiger partial charge in [0.1, 0.15) is 11.7 Å². The third-order valence-corrected chi connectivity index (χ3v) is 3.00. The van der Waals surface area contributed by atoms with Gasteiger partial charge in [-0.05, 0) is 18.1 Å². The molecule has 0 fully saturated rings. The zero-order valence-corrected chi connectivity index (χ0v) is 13.7. The third kappa shape index (κ3) is 7.08. The van der Waals surface area contributed by atoms with Gasteiger partial charge in [0.15, 0.2) is 5.96 Å². The van der Waals surface area contributed by atoms with Crippen molar-refractivity contribution in [3.8, 4) is 0 Å². The monoisotopic (exact) mass is 323 g/mol. The summed E-state index contributed by atoms with van der Waals surface area (Å²) in [7, 11) is 3.41. The summed E-state index contributed by atoms with van der Waals surface area (Å²) in [6.45, 7) is 4.99. The van der Waals surface area contributed by atoms with E-state index in [2.05, 4.69) is 27.2 Å². The molecule has 0 bridgehead atoms. The normalized spacial score (nSPS) is 11.0. The van der Waals surface area contributed by atoms with Crippen LogP contribution in [0.2, 0.25) is 5.15 Å². The lowest BCUT2D eigenvalue weighted by molar-refractivity contribution is -0.127. The second-order valence-electron chi connectivity index (χ2n) is 4.79. The van der Waals surface area contributed by atoms with E-state index < -0.39 is 0 Å². The maximum atomic E-state index is 11.6. The molecular formula is C15H22ClN5O. The Morgan fingerprint density at radius 2 is 2.23 bits per heavy atom. The Kier molecular flexibility index (Phi) is 7.99. The number of carbonyl (C=O) groups is 1. The summed E-state index contributed by atoms with van der Waals surface area (Å²) in [4.78, 5) is 21.4. The molecule has 0 radical (unpaired) electrons. The van der Waals surface area contributed by atoms with E-state index in [9.17, 15) is 4.79 Å². The van der Waals surface area contributed by atoms with Crippen LogP contribution in [0.4, 0.5) is 0 Å². The van der Waals surface area contributed by atoms with E-state index in [-0.39, 0.29) is 12.5 Å². The summed E-state index contributed by atoms with van der Waals surface area (Å²) < 4.78 is 0. The van der Waals surface area contributed by atoms with Crippen LogP contribution in [-0.2, 0) is 11.2 Å². The topological polar surface area (TPSA) is 69.6 Å². The van der Waals surface area contributed by atoms with Gasteiger partial charge in [-0.1, -0.05) is 23.7 Å². The highest BCUT2D eigenvalue weighted by molar-refractivity contribution is 6.29. The first-order chi connectivity index (χ1) is 10.5. The van der Waals surface area contributed by atoms with Gasteiger partial charge in [0.25, 0.3) is 0 Å². The van der Waals surface area contributed by atoms with Crippen molar-refractivity contribution in [3.63, 3.8) is 0 Å². The van der Waals surface area contributed by atoms with E-state index in [0.717, 1.165) is 12.0 Å². The van der Waals surface area contributed by atoms with Crippen molar-refractivity contribution >= 4 is 23.5 Å². The van der Waals surface area contributed by atoms with Crippen LogP contribution in [0.15, 0.2) is 36.0 Å². The highest BCUT2D eigenvalue weighted by Crippen LogP contribution is 2.05. The molecule has 1 heterocycles. The number of carbonyl (C=O) groups excluding carboxylic acids is 1. The summed E-state index contributed by atoms with van der Waals surface area (Å²) in [6, 6.07) is 3.69. The third-order valence-electron chi connectivity index (χ3n) is 2.78. The number of halogens is 1. The SMILES string of the molecule is C=CCNC(=NCC(=O)N(C)C)NCCc1ccc(Cl)nc1. The van der Waals surface area contributed by atoms with Crippen LogP contribution in [0.1, 0.15) is 5.56 Å². The lowest BCUT2D eigenvalue weighted by Crippen LogP contribution is -2.39. The quantitative estimate of drug-likeness (QED) is 0.341. The highest BCUT2D eigenvalue weighted by atomic mass is 35.5. The maximum Gasteiger partial charge on any atom is 0.243 e. The molecule has 0 atom stereocenters. The number of guanidine groups is 1. The number of hydrogen-bond donors (Lipinski definition) is 2. The molecule has 6 nitrogen and oxygen atoms in total. The average Bonchev–Trinajstić information content (AvgIpc) is 2.50. The smallest absolute Gasteiger partial charge is 0.243 e. The molecule has 7 heteroatoms. The molecule has 1 aromatic heterocycles. The van der Waals surface area contributed by atoms with Crippen molar-refractivity contribution in [1.29, 1.82) is 0 Å². The Balaban J connectivity index is 2.49. The van der Waals surface area contributed by atoms with Crippen molar-refractivity contribution in [2.45, 2.75) is 6.42 Å². The molecule has 0 saturated heterocycles. The van der Waals surface area contributed by atoms with Gasteiger partial charge in [-0.15, -0.1) is 6.58 Å². The number of nitrogens with one attached hydrogen (secondary N) is 2. The van der Waals surface area contributed by atoms with Gasteiger partial charge in [0.2, 0.25) is 5.91 Å². The molecule has 22 heavy (non-hydrogen) atoms. The number of aliphatic imine (C=N–C) groups is 1. The summed E-state index contributed by atoms with van der Waals surface area (Å²) in [5.41, 5.74) is 1.07. The molecule has 0 unspecified atom stereocenters. The van der Waals surface area contributed by atoms with Crippen LogP contribution < -0.4 is 10.6 Å². The van der Waals surface area contributed by atoms with Crippen LogP contribution in [0, 0.1) is 0 Å². The van der Waals surface area contributed by atoms with E-state index in [1.54, 1.807) is 32.4 Å². The zero-order valence-electron chi connectivity index (χ0n) is 13.0. The van der Waals surface area contributed by atoms with Gasteiger partial charge in [0, 0.05) is 33.4 Å². The summed E-state index contributed by atoms with van der Waals surface area (Å²) in [5, 5.41) is 6.72. The van der Waals surface area contributed by atoms with Crippen molar-refractivity contribution in [2.75, 3.05) is 33.7 Å². The van der Waals surface area contributed by atoms with Crippen LogP contribution in [0.3, 0.4) is 0 Å². The zero-order chi connectivity index (χ0) is 16.4. The number of pyridine rings is 1. The van der Waals surface area contributed by atoms with Gasteiger partial charge in [-0.2, -0.15) is 0 Å². The molecule has 120 valence electrons. The van der Waals surface area contributed by atoms with Crippen molar-refractivity contribution in [2.24, 2.45) is 4.99 Å². The molecule has 1 amide bonds. The molecule has 0 aliphatic rings. The first-order valence-corrected chi connectivity index (χ1v) is 7.34.